The smallest absolute Gasteiger partial charge is 0.338 e. The lowest BCUT2D eigenvalue weighted by atomic mass is 9.94. The Morgan fingerprint density at radius 3 is 2.48 bits per heavy atom. The van der Waals surface area contributed by atoms with E-state index in [9.17, 15) is 4.79 Å². The maximum absolute atomic E-state index is 12.2. The Morgan fingerprint density at radius 2 is 1.71 bits per heavy atom. The van der Waals surface area contributed by atoms with Crippen LogP contribution in [0.5, 0.6) is 0 Å². The van der Waals surface area contributed by atoms with E-state index in [1.165, 1.54) is 0 Å². The third kappa shape index (κ3) is 4.32. The Labute approximate surface area is 242 Å². The number of carbonyl (C=O) groups excluding carboxylic acids is 1. The van der Waals surface area contributed by atoms with Gasteiger partial charge in [-0.1, -0.05) is 36.4 Å². The van der Waals surface area contributed by atoms with Crippen molar-refractivity contribution >= 4 is 40.5 Å². The highest BCUT2D eigenvalue weighted by Gasteiger charge is 2.41. The van der Waals surface area contributed by atoms with Crippen molar-refractivity contribution in [1.82, 2.24) is 14.8 Å². The molecule has 42 heavy (non-hydrogen) atoms. The van der Waals surface area contributed by atoms with Crippen molar-refractivity contribution in [2.24, 2.45) is 9.98 Å². The summed E-state index contributed by atoms with van der Waals surface area (Å²) in [5.41, 5.74) is 6.82. The number of nitrogens with zero attached hydrogens (tertiary/aromatic N) is 6. The van der Waals surface area contributed by atoms with E-state index in [-0.39, 0.29) is 12.0 Å². The second-order valence-corrected chi connectivity index (χ2v) is 9.94. The minimum Gasteiger partial charge on any atom is -0.462 e. The fourth-order valence-corrected chi connectivity index (χ4v) is 5.44. The molecule has 206 valence electrons. The quantitative estimate of drug-likeness (QED) is 0.248. The number of ether oxygens (including phenoxy) is 1. The van der Waals surface area contributed by atoms with Crippen molar-refractivity contribution in [1.29, 1.82) is 0 Å². The van der Waals surface area contributed by atoms with Crippen LogP contribution in [0.2, 0.25) is 0 Å². The average molecular weight is 554 g/mol. The number of fused-ring (bicyclic) bond motifs is 4. The lowest BCUT2D eigenvalue weighted by Crippen LogP contribution is -2.46. The molecule has 0 amide bonds. The van der Waals surface area contributed by atoms with Gasteiger partial charge < -0.3 is 15.0 Å². The molecule has 3 aromatic carbocycles. The Morgan fingerprint density at radius 1 is 0.929 bits per heavy atom. The summed E-state index contributed by atoms with van der Waals surface area (Å²) in [7, 11) is 0. The van der Waals surface area contributed by atoms with Crippen LogP contribution in [-0.2, 0) is 4.74 Å². The van der Waals surface area contributed by atoms with Crippen LogP contribution in [0.15, 0.2) is 113 Å². The number of rotatable bonds is 5. The molecular formula is C33H27N7O2. The number of amidine groups is 2. The summed E-state index contributed by atoms with van der Waals surface area (Å²) >= 11 is 0. The first-order chi connectivity index (χ1) is 20.6. The Bertz CT molecular complexity index is 1850. The van der Waals surface area contributed by atoms with E-state index in [2.05, 4.69) is 27.3 Å². The molecular weight excluding hydrogens is 526 g/mol. The molecule has 2 aliphatic rings. The van der Waals surface area contributed by atoms with E-state index in [1.807, 2.05) is 84.5 Å². The minimum atomic E-state index is -0.354. The summed E-state index contributed by atoms with van der Waals surface area (Å²) in [6, 6.07) is 29.0. The van der Waals surface area contributed by atoms with Gasteiger partial charge in [-0.05, 0) is 74.0 Å². The fourth-order valence-electron chi connectivity index (χ4n) is 5.44. The lowest BCUT2D eigenvalue weighted by Gasteiger charge is -2.40. The topological polar surface area (TPSA) is 97.0 Å². The molecule has 7 rings (SSSR count). The standard InChI is InChI=1S/C33H27N7O2/c1-3-42-33(41)22-15-17-24(18-16-22)35-30-32-37-31-28(21(2)38-40(31)25-11-5-4-6-12-25)29(23-10-9-19-34-20-23)39(32)27-14-8-7-13-26(27)36-30/h4-20,29H,3H2,1-2H3,(H,35,36)/t29-/m1/s1. The van der Waals surface area contributed by atoms with E-state index in [1.54, 1.807) is 25.3 Å². The number of aryl methyl sites for hydroxylation is 1. The summed E-state index contributed by atoms with van der Waals surface area (Å²) in [5, 5.41) is 8.43. The molecule has 1 N–H and O–H groups in total. The zero-order chi connectivity index (χ0) is 28.6. The van der Waals surface area contributed by atoms with Crippen molar-refractivity contribution in [3.05, 3.63) is 126 Å². The minimum absolute atomic E-state index is 0.252. The van der Waals surface area contributed by atoms with Crippen molar-refractivity contribution in [3.8, 4) is 5.69 Å². The first-order valence-electron chi connectivity index (χ1n) is 13.8. The predicted molar refractivity (Wildman–Crippen MR) is 164 cm³/mol. The summed E-state index contributed by atoms with van der Waals surface area (Å²) in [6.45, 7) is 4.14. The van der Waals surface area contributed by atoms with Gasteiger partial charge in [0.15, 0.2) is 17.5 Å². The van der Waals surface area contributed by atoms with Crippen molar-refractivity contribution in [2.75, 3.05) is 16.8 Å². The number of hydrogen-bond acceptors (Lipinski definition) is 8. The first kappa shape index (κ1) is 25.4. The van der Waals surface area contributed by atoms with Crippen LogP contribution in [0.3, 0.4) is 0 Å². The van der Waals surface area contributed by atoms with Crippen LogP contribution in [0.1, 0.15) is 40.1 Å². The van der Waals surface area contributed by atoms with Crippen LogP contribution < -0.4 is 10.2 Å². The maximum atomic E-state index is 12.2. The zero-order valence-electron chi connectivity index (χ0n) is 23.1. The zero-order valence-corrected chi connectivity index (χ0v) is 23.1. The number of hydrogen-bond donors (Lipinski definition) is 1. The first-order valence-corrected chi connectivity index (χ1v) is 13.8. The lowest BCUT2D eigenvalue weighted by molar-refractivity contribution is 0.0526. The van der Waals surface area contributed by atoms with Crippen LogP contribution in [0, 0.1) is 6.92 Å². The van der Waals surface area contributed by atoms with Gasteiger partial charge in [-0.2, -0.15) is 5.10 Å². The monoisotopic (exact) mass is 553 g/mol. The van der Waals surface area contributed by atoms with Gasteiger partial charge in [0.05, 0.1) is 41.0 Å². The number of aliphatic imine (C=N–C) groups is 2. The Kier molecular flexibility index (Phi) is 6.31. The highest BCUT2D eigenvalue weighted by atomic mass is 16.5. The number of carbonyl (C=O) groups is 1. The molecule has 9 heteroatoms. The number of benzene rings is 3. The highest BCUT2D eigenvalue weighted by Crippen LogP contribution is 2.48. The highest BCUT2D eigenvalue weighted by molar-refractivity contribution is 6.51. The van der Waals surface area contributed by atoms with Gasteiger partial charge in [0.2, 0.25) is 0 Å². The number of nitrogens with one attached hydrogen (secondary N) is 1. The van der Waals surface area contributed by atoms with Crippen LogP contribution >= 0.6 is 0 Å². The van der Waals surface area contributed by atoms with E-state index in [0.29, 0.717) is 23.8 Å². The molecule has 0 fully saturated rings. The number of pyridine rings is 1. The molecule has 5 aromatic rings. The van der Waals surface area contributed by atoms with Crippen molar-refractivity contribution < 1.29 is 9.53 Å². The number of para-hydroxylation sites is 3. The number of aromatic nitrogens is 3. The molecule has 0 bridgehead atoms. The summed E-state index contributed by atoms with van der Waals surface area (Å²) < 4.78 is 7.04. The second-order valence-electron chi connectivity index (χ2n) is 9.94. The largest absolute Gasteiger partial charge is 0.462 e. The molecule has 0 radical (unpaired) electrons. The van der Waals surface area contributed by atoms with Gasteiger partial charge >= 0.3 is 5.97 Å². The van der Waals surface area contributed by atoms with Crippen molar-refractivity contribution in [3.63, 3.8) is 0 Å². The molecule has 4 heterocycles. The van der Waals surface area contributed by atoms with Crippen LogP contribution in [0.25, 0.3) is 5.69 Å². The van der Waals surface area contributed by atoms with E-state index in [4.69, 9.17) is 19.8 Å². The normalized spacial score (nSPS) is 15.1. The molecule has 1 atom stereocenters. The second kappa shape index (κ2) is 10.4. The Balaban J connectivity index is 1.41. The summed E-state index contributed by atoms with van der Waals surface area (Å²) in [4.78, 5) is 29.1. The number of esters is 1. The van der Waals surface area contributed by atoms with Gasteiger partial charge in [0.1, 0.15) is 0 Å². The molecule has 0 saturated heterocycles. The van der Waals surface area contributed by atoms with Gasteiger partial charge in [-0.3, -0.25) is 4.98 Å². The molecule has 0 aliphatic carbocycles. The molecule has 0 saturated carbocycles. The van der Waals surface area contributed by atoms with E-state index in [0.717, 1.165) is 45.4 Å². The van der Waals surface area contributed by atoms with Gasteiger partial charge in [0.25, 0.3) is 0 Å². The Hall–Kier alpha value is -5.57. The molecule has 2 aromatic heterocycles. The van der Waals surface area contributed by atoms with Crippen LogP contribution in [-0.4, -0.2) is 39.0 Å². The summed E-state index contributed by atoms with van der Waals surface area (Å²) in [5.74, 6) is 1.62. The molecule has 9 nitrogen and oxygen atoms in total. The molecule has 0 spiro atoms. The van der Waals surface area contributed by atoms with E-state index >= 15 is 0 Å². The third-order valence-corrected chi connectivity index (χ3v) is 7.30. The fraction of sp³-hybridized carbons (Fsp3) is 0.121. The van der Waals surface area contributed by atoms with Crippen molar-refractivity contribution in [2.45, 2.75) is 19.9 Å². The maximum Gasteiger partial charge on any atom is 0.338 e. The predicted octanol–water partition coefficient (Wildman–Crippen LogP) is 6.55. The van der Waals surface area contributed by atoms with Gasteiger partial charge in [-0.15, -0.1) is 0 Å². The molecule has 2 aliphatic heterocycles. The van der Waals surface area contributed by atoms with Gasteiger partial charge in [0, 0.05) is 23.6 Å². The van der Waals surface area contributed by atoms with Crippen LogP contribution in [0.4, 0.5) is 22.9 Å². The van der Waals surface area contributed by atoms with Gasteiger partial charge in [-0.25, -0.2) is 19.5 Å². The van der Waals surface area contributed by atoms with E-state index < -0.39 is 0 Å². The summed E-state index contributed by atoms with van der Waals surface area (Å²) in [6.07, 6.45) is 3.67. The SMILES string of the molecule is CCOC(=O)c1ccc(NC2=Nc3ccccc3N3C2=Nc2c(c(C)nn2-c2ccccc2)[C@H]3c2cccnc2)cc1. The molecule has 0 unspecified atom stereocenters. The third-order valence-electron chi connectivity index (χ3n) is 7.30. The average Bonchev–Trinajstić information content (AvgIpc) is 3.37. The number of anilines is 2.